The molecule has 0 bridgehead atoms. The number of aromatic nitrogens is 2. The molecule has 25 heavy (non-hydrogen) atoms. The lowest BCUT2D eigenvalue weighted by Crippen LogP contribution is -2.31. The number of nitrogens with zero attached hydrogens (tertiary/aromatic N) is 4. The van der Waals surface area contributed by atoms with Gasteiger partial charge in [0.2, 0.25) is 0 Å². The van der Waals surface area contributed by atoms with Crippen molar-refractivity contribution in [2.24, 2.45) is 4.99 Å². The standard InChI is InChI=1S/C19H22N4O2/c24-15-5-4-13(18(25)9-15)11-23-8-6-16-14(12-23)10-21-19(22-16)17-3-1-2-7-20-17/h4-5,9-10,24-25H,1-3,6-8,11-12H2. The quantitative estimate of drug-likeness (QED) is 0.898. The first kappa shape index (κ1) is 16.0. The fraction of sp³-hybridized carbons (Fsp3) is 0.421. The minimum atomic E-state index is 0.0804. The summed E-state index contributed by atoms with van der Waals surface area (Å²) in [6.45, 7) is 3.18. The summed E-state index contributed by atoms with van der Waals surface area (Å²) in [5.41, 5.74) is 4.12. The van der Waals surface area contributed by atoms with Gasteiger partial charge in [-0.25, -0.2) is 9.97 Å². The number of phenols is 2. The van der Waals surface area contributed by atoms with Crippen molar-refractivity contribution in [1.29, 1.82) is 0 Å². The summed E-state index contributed by atoms with van der Waals surface area (Å²) in [6, 6.07) is 4.75. The summed E-state index contributed by atoms with van der Waals surface area (Å²) in [5, 5.41) is 19.4. The van der Waals surface area contributed by atoms with Crippen LogP contribution in [0.2, 0.25) is 0 Å². The second-order valence-electron chi connectivity index (χ2n) is 6.72. The lowest BCUT2D eigenvalue weighted by Gasteiger charge is -2.28. The molecule has 0 spiro atoms. The molecule has 6 heteroatoms. The zero-order valence-corrected chi connectivity index (χ0v) is 14.1. The first-order valence-electron chi connectivity index (χ1n) is 8.81. The largest absolute Gasteiger partial charge is 0.508 e. The number of hydrogen-bond donors (Lipinski definition) is 2. The molecule has 0 aliphatic carbocycles. The van der Waals surface area contributed by atoms with Crippen molar-refractivity contribution in [3.05, 3.63) is 47.0 Å². The van der Waals surface area contributed by atoms with Crippen LogP contribution in [0.3, 0.4) is 0 Å². The molecule has 2 N–H and O–H groups in total. The van der Waals surface area contributed by atoms with Crippen LogP contribution in [-0.4, -0.2) is 43.9 Å². The van der Waals surface area contributed by atoms with Gasteiger partial charge in [0.1, 0.15) is 11.5 Å². The van der Waals surface area contributed by atoms with E-state index in [-0.39, 0.29) is 11.5 Å². The summed E-state index contributed by atoms with van der Waals surface area (Å²) in [4.78, 5) is 16.1. The van der Waals surface area contributed by atoms with Gasteiger partial charge in [-0.05, 0) is 25.3 Å². The average molecular weight is 338 g/mol. The highest BCUT2D eigenvalue weighted by Crippen LogP contribution is 2.26. The zero-order valence-electron chi connectivity index (χ0n) is 14.1. The van der Waals surface area contributed by atoms with Crippen LogP contribution >= 0.6 is 0 Å². The van der Waals surface area contributed by atoms with Crippen LogP contribution in [0, 0.1) is 0 Å². The maximum Gasteiger partial charge on any atom is 0.173 e. The Hall–Kier alpha value is -2.47. The number of phenolic OH excluding ortho intramolecular Hbond substituents is 2. The van der Waals surface area contributed by atoms with E-state index < -0.39 is 0 Å². The van der Waals surface area contributed by atoms with Gasteiger partial charge in [0.05, 0.1) is 11.4 Å². The Kier molecular flexibility index (Phi) is 4.36. The van der Waals surface area contributed by atoms with E-state index in [0.29, 0.717) is 6.54 Å². The van der Waals surface area contributed by atoms with Crippen LogP contribution in [0.4, 0.5) is 0 Å². The van der Waals surface area contributed by atoms with E-state index >= 15 is 0 Å². The normalized spacial score (nSPS) is 17.8. The Labute approximate surface area is 146 Å². The van der Waals surface area contributed by atoms with Gasteiger partial charge in [-0.2, -0.15) is 0 Å². The second-order valence-corrected chi connectivity index (χ2v) is 6.72. The molecule has 2 aliphatic rings. The smallest absolute Gasteiger partial charge is 0.173 e. The topological polar surface area (TPSA) is 81.8 Å². The molecule has 2 aliphatic heterocycles. The molecule has 0 amide bonds. The Morgan fingerprint density at radius 3 is 2.84 bits per heavy atom. The first-order chi connectivity index (χ1) is 12.2. The van der Waals surface area contributed by atoms with Crippen molar-refractivity contribution in [3.63, 3.8) is 0 Å². The summed E-state index contributed by atoms with van der Waals surface area (Å²) < 4.78 is 0. The minimum absolute atomic E-state index is 0.0804. The van der Waals surface area contributed by atoms with Crippen LogP contribution in [-0.2, 0) is 19.5 Å². The van der Waals surface area contributed by atoms with Crippen molar-refractivity contribution in [3.8, 4) is 11.5 Å². The van der Waals surface area contributed by atoms with Crippen molar-refractivity contribution in [1.82, 2.24) is 14.9 Å². The van der Waals surface area contributed by atoms with Crippen LogP contribution in [0.25, 0.3) is 0 Å². The van der Waals surface area contributed by atoms with E-state index in [1.807, 2.05) is 6.20 Å². The van der Waals surface area contributed by atoms with Gasteiger partial charge in [0, 0.05) is 56.0 Å². The van der Waals surface area contributed by atoms with Crippen LogP contribution in [0.15, 0.2) is 29.4 Å². The predicted octanol–water partition coefficient (Wildman–Crippen LogP) is 2.42. The highest BCUT2D eigenvalue weighted by molar-refractivity contribution is 5.97. The molecular weight excluding hydrogens is 316 g/mol. The second kappa shape index (κ2) is 6.80. The summed E-state index contributed by atoms with van der Waals surface area (Å²) in [6.07, 6.45) is 6.11. The Bertz CT molecular complexity index is 819. The van der Waals surface area contributed by atoms with E-state index in [1.165, 1.54) is 12.5 Å². The lowest BCUT2D eigenvalue weighted by molar-refractivity contribution is 0.239. The maximum absolute atomic E-state index is 9.97. The number of fused-ring (bicyclic) bond motifs is 1. The van der Waals surface area contributed by atoms with Crippen LogP contribution in [0.1, 0.15) is 41.9 Å². The molecule has 130 valence electrons. The summed E-state index contributed by atoms with van der Waals surface area (Å²) in [7, 11) is 0. The molecule has 0 saturated carbocycles. The van der Waals surface area contributed by atoms with E-state index in [4.69, 9.17) is 4.98 Å². The Morgan fingerprint density at radius 1 is 1.12 bits per heavy atom. The molecular formula is C19H22N4O2. The first-order valence-corrected chi connectivity index (χ1v) is 8.81. The molecule has 1 aromatic carbocycles. The predicted molar refractivity (Wildman–Crippen MR) is 94.9 cm³/mol. The minimum Gasteiger partial charge on any atom is -0.508 e. The fourth-order valence-electron chi connectivity index (χ4n) is 3.46. The molecule has 1 aromatic heterocycles. The van der Waals surface area contributed by atoms with Gasteiger partial charge in [-0.15, -0.1) is 0 Å². The number of benzene rings is 1. The van der Waals surface area contributed by atoms with Crippen molar-refractivity contribution in [2.75, 3.05) is 13.1 Å². The SMILES string of the molecule is Oc1ccc(CN2CCc3nc(C4=NCCCC4)ncc3C2)c(O)c1. The summed E-state index contributed by atoms with van der Waals surface area (Å²) in [5.74, 6) is 1.01. The third-order valence-corrected chi connectivity index (χ3v) is 4.86. The van der Waals surface area contributed by atoms with Crippen molar-refractivity contribution < 1.29 is 10.2 Å². The van der Waals surface area contributed by atoms with Crippen LogP contribution in [0.5, 0.6) is 11.5 Å². The fourth-order valence-corrected chi connectivity index (χ4v) is 3.46. The molecule has 0 saturated heterocycles. The third kappa shape index (κ3) is 3.49. The molecule has 4 rings (SSSR count). The number of aromatic hydroxyl groups is 2. The highest BCUT2D eigenvalue weighted by atomic mass is 16.3. The Morgan fingerprint density at radius 2 is 2.04 bits per heavy atom. The lowest BCUT2D eigenvalue weighted by atomic mass is 10.0. The van der Waals surface area contributed by atoms with Gasteiger partial charge in [-0.3, -0.25) is 9.89 Å². The van der Waals surface area contributed by atoms with E-state index in [2.05, 4.69) is 14.9 Å². The van der Waals surface area contributed by atoms with Gasteiger partial charge in [0.25, 0.3) is 0 Å². The molecule has 3 heterocycles. The van der Waals surface area contributed by atoms with Gasteiger partial charge < -0.3 is 10.2 Å². The molecule has 2 aromatic rings. The highest BCUT2D eigenvalue weighted by Gasteiger charge is 2.21. The molecule has 0 unspecified atom stereocenters. The molecule has 0 radical (unpaired) electrons. The van der Waals surface area contributed by atoms with Gasteiger partial charge >= 0.3 is 0 Å². The molecule has 0 fully saturated rings. The average Bonchev–Trinajstić information content (AvgIpc) is 2.64. The van der Waals surface area contributed by atoms with Gasteiger partial charge in [0.15, 0.2) is 5.82 Å². The van der Waals surface area contributed by atoms with Gasteiger partial charge in [-0.1, -0.05) is 6.07 Å². The van der Waals surface area contributed by atoms with E-state index in [0.717, 1.165) is 67.3 Å². The maximum atomic E-state index is 9.97. The monoisotopic (exact) mass is 338 g/mol. The number of hydrogen-bond acceptors (Lipinski definition) is 6. The molecule has 0 atom stereocenters. The van der Waals surface area contributed by atoms with Crippen LogP contribution < -0.4 is 0 Å². The number of rotatable bonds is 3. The van der Waals surface area contributed by atoms with Crippen molar-refractivity contribution in [2.45, 2.75) is 38.8 Å². The Balaban J connectivity index is 1.49. The number of aliphatic imine (C=N–C) groups is 1. The van der Waals surface area contributed by atoms with E-state index in [1.54, 1.807) is 12.1 Å². The molecule has 6 nitrogen and oxygen atoms in total. The zero-order chi connectivity index (χ0) is 17.2. The third-order valence-electron chi connectivity index (χ3n) is 4.86. The van der Waals surface area contributed by atoms with E-state index in [9.17, 15) is 10.2 Å². The summed E-state index contributed by atoms with van der Waals surface area (Å²) >= 11 is 0. The van der Waals surface area contributed by atoms with Crippen molar-refractivity contribution >= 4 is 5.71 Å².